The topological polar surface area (TPSA) is 96.0 Å². The molecule has 0 atom stereocenters. The summed E-state index contributed by atoms with van der Waals surface area (Å²) in [5.41, 5.74) is 2.52. The minimum absolute atomic E-state index is 0.0982. The van der Waals surface area contributed by atoms with Crippen molar-refractivity contribution in [3.05, 3.63) is 65.2 Å². The van der Waals surface area contributed by atoms with Gasteiger partial charge in [0.2, 0.25) is 10.0 Å². The number of rotatable bonds is 5. The lowest BCUT2D eigenvalue weighted by molar-refractivity contribution is 0.597. The standard InChI is InChI=1S/C15H15N3O2S/c16-9-13-3-1-2-4-14(13)11-18-10-12-5-7-15(8-6-12)21(17,19)20/h1-8,18H,10-11H2,(H2,17,19,20). The summed E-state index contributed by atoms with van der Waals surface area (Å²) >= 11 is 0. The van der Waals surface area contributed by atoms with Crippen LogP contribution < -0.4 is 10.5 Å². The first-order chi connectivity index (χ1) is 10.0. The van der Waals surface area contributed by atoms with Crippen molar-refractivity contribution in [2.24, 2.45) is 5.14 Å². The fraction of sp³-hybridized carbons (Fsp3) is 0.133. The van der Waals surface area contributed by atoms with Crippen LogP contribution in [0.2, 0.25) is 0 Å². The third-order valence-corrected chi connectivity index (χ3v) is 3.96. The number of nitrogens with two attached hydrogens (primary N) is 1. The van der Waals surface area contributed by atoms with E-state index in [4.69, 9.17) is 10.4 Å². The quantitative estimate of drug-likeness (QED) is 0.874. The smallest absolute Gasteiger partial charge is 0.238 e. The van der Waals surface area contributed by atoms with Gasteiger partial charge in [0.15, 0.2) is 0 Å². The normalized spacial score (nSPS) is 11.0. The Balaban J connectivity index is 1.97. The first-order valence-corrected chi connectivity index (χ1v) is 7.86. The highest BCUT2D eigenvalue weighted by molar-refractivity contribution is 7.89. The molecule has 0 saturated carbocycles. The number of primary sulfonamides is 1. The van der Waals surface area contributed by atoms with E-state index < -0.39 is 10.0 Å². The van der Waals surface area contributed by atoms with Crippen LogP contribution in [-0.4, -0.2) is 8.42 Å². The van der Waals surface area contributed by atoms with Crippen molar-refractivity contribution >= 4 is 10.0 Å². The summed E-state index contributed by atoms with van der Waals surface area (Å²) in [6.45, 7) is 1.14. The SMILES string of the molecule is N#Cc1ccccc1CNCc1ccc(S(N)(=O)=O)cc1. The first-order valence-electron chi connectivity index (χ1n) is 6.31. The maximum atomic E-state index is 11.1. The predicted octanol–water partition coefficient (Wildman–Crippen LogP) is 1.50. The molecule has 0 spiro atoms. The lowest BCUT2D eigenvalue weighted by Gasteiger charge is -2.07. The lowest BCUT2D eigenvalue weighted by Crippen LogP contribution is -2.14. The van der Waals surface area contributed by atoms with Crippen LogP contribution in [0.3, 0.4) is 0 Å². The Morgan fingerprint density at radius 1 is 1.05 bits per heavy atom. The second-order valence-electron chi connectivity index (χ2n) is 4.56. The molecule has 0 fully saturated rings. The van der Waals surface area contributed by atoms with E-state index in [2.05, 4.69) is 11.4 Å². The molecule has 0 saturated heterocycles. The van der Waals surface area contributed by atoms with Gasteiger partial charge in [-0.05, 0) is 29.3 Å². The molecule has 0 aromatic heterocycles. The highest BCUT2D eigenvalue weighted by Gasteiger charge is 2.06. The molecule has 21 heavy (non-hydrogen) atoms. The van der Waals surface area contributed by atoms with Crippen LogP contribution in [0, 0.1) is 11.3 Å². The largest absolute Gasteiger partial charge is 0.309 e. The van der Waals surface area contributed by atoms with Gasteiger partial charge in [-0.1, -0.05) is 30.3 Å². The van der Waals surface area contributed by atoms with Gasteiger partial charge in [-0.25, -0.2) is 13.6 Å². The molecule has 0 aliphatic rings. The van der Waals surface area contributed by atoms with Crippen molar-refractivity contribution in [3.63, 3.8) is 0 Å². The van der Waals surface area contributed by atoms with Crippen LogP contribution in [0.1, 0.15) is 16.7 Å². The van der Waals surface area contributed by atoms with Crippen LogP contribution in [0.25, 0.3) is 0 Å². The van der Waals surface area contributed by atoms with Gasteiger partial charge in [-0.2, -0.15) is 5.26 Å². The number of nitriles is 1. The average molecular weight is 301 g/mol. The minimum Gasteiger partial charge on any atom is -0.309 e. The van der Waals surface area contributed by atoms with Gasteiger partial charge in [-0.15, -0.1) is 0 Å². The molecule has 2 aromatic rings. The van der Waals surface area contributed by atoms with Gasteiger partial charge in [0.1, 0.15) is 0 Å². The first kappa shape index (κ1) is 15.2. The highest BCUT2D eigenvalue weighted by Crippen LogP contribution is 2.10. The van der Waals surface area contributed by atoms with Crippen LogP contribution in [0.5, 0.6) is 0 Å². The zero-order valence-electron chi connectivity index (χ0n) is 11.3. The number of benzene rings is 2. The molecule has 0 unspecified atom stereocenters. The number of sulfonamides is 1. The zero-order chi connectivity index (χ0) is 15.3. The molecule has 6 heteroatoms. The number of hydrogen-bond acceptors (Lipinski definition) is 4. The molecule has 0 aliphatic carbocycles. The van der Waals surface area contributed by atoms with E-state index in [1.165, 1.54) is 12.1 Å². The average Bonchev–Trinajstić information content (AvgIpc) is 2.47. The Morgan fingerprint density at radius 2 is 1.71 bits per heavy atom. The van der Waals surface area contributed by atoms with Gasteiger partial charge in [0, 0.05) is 13.1 Å². The van der Waals surface area contributed by atoms with E-state index in [0.717, 1.165) is 11.1 Å². The molecule has 0 radical (unpaired) electrons. The second-order valence-corrected chi connectivity index (χ2v) is 6.12. The molecule has 0 amide bonds. The van der Waals surface area contributed by atoms with E-state index in [0.29, 0.717) is 18.7 Å². The van der Waals surface area contributed by atoms with Gasteiger partial charge < -0.3 is 5.32 Å². The van der Waals surface area contributed by atoms with E-state index in [-0.39, 0.29) is 4.90 Å². The summed E-state index contributed by atoms with van der Waals surface area (Å²) in [6, 6.07) is 15.9. The fourth-order valence-corrected chi connectivity index (χ4v) is 2.44. The predicted molar refractivity (Wildman–Crippen MR) is 79.5 cm³/mol. The molecular weight excluding hydrogens is 286 g/mol. The summed E-state index contributed by atoms with van der Waals surface area (Å²) in [5.74, 6) is 0. The second kappa shape index (κ2) is 6.50. The maximum absolute atomic E-state index is 11.1. The molecule has 3 N–H and O–H groups in total. The van der Waals surface area contributed by atoms with Crippen LogP contribution in [-0.2, 0) is 23.1 Å². The van der Waals surface area contributed by atoms with Crippen molar-refractivity contribution in [1.82, 2.24) is 5.32 Å². The molecule has 5 nitrogen and oxygen atoms in total. The van der Waals surface area contributed by atoms with Crippen LogP contribution >= 0.6 is 0 Å². The molecule has 0 bridgehead atoms. The van der Waals surface area contributed by atoms with Crippen LogP contribution in [0.4, 0.5) is 0 Å². The van der Waals surface area contributed by atoms with Crippen molar-refractivity contribution in [2.45, 2.75) is 18.0 Å². The number of nitrogens with zero attached hydrogens (tertiary/aromatic N) is 1. The molecule has 108 valence electrons. The molecule has 0 aliphatic heterocycles. The maximum Gasteiger partial charge on any atom is 0.238 e. The number of nitrogens with one attached hydrogen (secondary N) is 1. The summed E-state index contributed by atoms with van der Waals surface area (Å²) in [4.78, 5) is 0.0982. The molecule has 0 heterocycles. The molecule has 2 aromatic carbocycles. The van der Waals surface area contributed by atoms with E-state index >= 15 is 0 Å². The van der Waals surface area contributed by atoms with Crippen molar-refractivity contribution < 1.29 is 8.42 Å². The van der Waals surface area contributed by atoms with Crippen molar-refractivity contribution in [2.75, 3.05) is 0 Å². The molecular formula is C15H15N3O2S. The third-order valence-electron chi connectivity index (χ3n) is 3.03. The van der Waals surface area contributed by atoms with Crippen LogP contribution in [0.15, 0.2) is 53.4 Å². The fourth-order valence-electron chi connectivity index (χ4n) is 1.92. The summed E-state index contributed by atoms with van der Waals surface area (Å²) in [7, 11) is -3.65. The molecule has 2 rings (SSSR count). The third kappa shape index (κ3) is 4.13. The lowest BCUT2D eigenvalue weighted by atomic mass is 10.1. The Hall–Kier alpha value is -2.20. The van der Waals surface area contributed by atoms with Crippen molar-refractivity contribution in [1.29, 1.82) is 5.26 Å². The van der Waals surface area contributed by atoms with Gasteiger partial charge in [0.25, 0.3) is 0 Å². The highest BCUT2D eigenvalue weighted by atomic mass is 32.2. The summed E-state index contributed by atoms with van der Waals surface area (Å²) < 4.78 is 22.3. The number of hydrogen-bond donors (Lipinski definition) is 2. The van der Waals surface area contributed by atoms with E-state index in [1.54, 1.807) is 18.2 Å². The minimum atomic E-state index is -3.65. The Kier molecular flexibility index (Phi) is 4.70. The Labute approximate surface area is 124 Å². The summed E-state index contributed by atoms with van der Waals surface area (Å²) in [5, 5.41) is 17.3. The Bertz CT molecular complexity index is 762. The summed E-state index contributed by atoms with van der Waals surface area (Å²) in [6.07, 6.45) is 0. The zero-order valence-corrected chi connectivity index (χ0v) is 12.1. The van der Waals surface area contributed by atoms with Crippen molar-refractivity contribution in [3.8, 4) is 6.07 Å². The van der Waals surface area contributed by atoms with Gasteiger partial charge >= 0.3 is 0 Å². The Morgan fingerprint density at radius 3 is 2.33 bits per heavy atom. The van der Waals surface area contributed by atoms with Gasteiger partial charge in [0.05, 0.1) is 16.5 Å². The van der Waals surface area contributed by atoms with Gasteiger partial charge in [-0.3, -0.25) is 0 Å². The van der Waals surface area contributed by atoms with E-state index in [9.17, 15) is 8.42 Å². The monoisotopic (exact) mass is 301 g/mol. The van der Waals surface area contributed by atoms with E-state index in [1.807, 2.05) is 18.2 Å².